The van der Waals surface area contributed by atoms with E-state index in [1.165, 1.54) is 25.3 Å². The third-order valence-corrected chi connectivity index (χ3v) is 5.80. The monoisotopic (exact) mass is 501 g/mol. The molecular formula is C22H20Cl2F3N3O3. The highest BCUT2D eigenvalue weighted by molar-refractivity contribution is 6.42. The van der Waals surface area contributed by atoms with Crippen molar-refractivity contribution >= 4 is 29.2 Å². The van der Waals surface area contributed by atoms with Crippen LogP contribution in [0.3, 0.4) is 0 Å². The smallest absolute Gasteiger partial charge is 0.435 e. The van der Waals surface area contributed by atoms with Crippen LogP contribution in [0.5, 0.6) is 0 Å². The van der Waals surface area contributed by atoms with Gasteiger partial charge in [-0.2, -0.15) is 18.3 Å². The molecule has 176 valence electrons. The summed E-state index contributed by atoms with van der Waals surface area (Å²) >= 11 is 12.2. The van der Waals surface area contributed by atoms with Gasteiger partial charge in [-0.15, -0.1) is 0 Å². The molecule has 3 aromatic rings. The Labute approximate surface area is 197 Å². The lowest BCUT2D eigenvalue weighted by molar-refractivity contribution is -0.141. The van der Waals surface area contributed by atoms with Crippen molar-refractivity contribution in [1.82, 2.24) is 14.3 Å². The second-order valence-electron chi connectivity index (χ2n) is 7.11. The fourth-order valence-electron chi connectivity index (χ4n) is 3.54. The van der Waals surface area contributed by atoms with Gasteiger partial charge in [-0.1, -0.05) is 29.3 Å². The van der Waals surface area contributed by atoms with Gasteiger partial charge in [-0.05, 0) is 39.0 Å². The number of benzene rings is 1. The minimum atomic E-state index is -4.59. The number of hydrogen-bond donors (Lipinski definition) is 0. The minimum absolute atomic E-state index is 0.0551. The summed E-state index contributed by atoms with van der Waals surface area (Å²) in [6, 6.07) is 5.51. The van der Waals surface area contributed by atoms with Crippen molar-refractivity contribution < 1.29 is 22.7 Å². The van der Waals surface area contributed by atoms with Gasteiger partial charge in [0, 0.05) is 29.6 Å². The number of halogens is 5. The number of ether oxygens (including phenoxy) is 1. The van der Waals surface area contributed by atoms with Crippen molar-refractivity contribution in [2.75, 3.05) is 6.61 Å². The van der Waals surface area contributed by atoms with Crippen LogP contribution < -0.4 is 5.43 Å². The molecule has 0 saturated heterocycles. The SMILES string of the molecule is CCOC(=O)c1c(-c2ccc(Cl)c(Cl)c2)n(CC)c(Cn2ccc(C(F)(F)F)n2)c(C)c1=O. The van der Waals surface area contributed by atoms with Gasteiger partial charge in [-0.25, -0.2) is 4.79 Å². The normalized spacial score (nSPS) is 11.6. The molecule has 0 spiro atoms. The van der Waals surface area contributed by atoms with Crippen LogP contribution in [-0.4, -0.2) is 26.9 Å². The third-order valence-electron chi connectivity index (χ3n) is 5.06. The molecule has 1 aromatic carbocycles. The molecular weight excluding hydrogens is 482 g/mol. The van der Waals surface area contributed by atoms with Gasteiger partial charge in [0.1, 0.15) is 5.56 Å². The Hall–Kier alpha value is -2.78. The zero-order valence-electron chi connectivity index (χ0n) is 18.0. The number of carbonyl (C=O) groups is 1. The summed E-state index contributed by atoms with van der Waals surface area (Å²) in [5.74, 6) is -0.807. The number of esters is 1. The molecule has 0 amide bonds. The predicted molar refractivity (Wildman–Crippen MR) is 119 cm³/mol. The molecule has 6 nitrogen and oxygen atoms in total. The molecule has 0 radical (unpaired) electrons. The molecule has 0 saturated carbocycles. The molecule has 0 bridgehead atoms. The van der Waals surface area contributed by atoms with Crippen LogP contribution in [-0.2, 0) is 24.0 Å². The molecule has 2 aromatic heterocycles. The summed E-state index contributed by atoms with van der Waals surface area (Å²) in [7, 11) is 0. The lowest BCUT2D eigenvalue weighted by atomic mass is 10.00. The van der Waals surface area contributed by atoms with E-state index in [-0.39, 0.29) is 40.0 Å². The number of nitrogens with zero attached hydrogens (tertiary/aromatic N) is 3. The van der Waals surface area contributed by atoms with Crippen molar-refractivity contribution in [3.05, 3.63) is 73.2 Å². The van der Waals surface area contributed by atoms with Gasteiger partial charge in [0.25, 0.3) is 0 Å². The molecule has 0 N–H and O–H groups in total. The van der Waals surface area contributed by atoms with Crippen molar-refractivity contribution in [3.63, 3.8) is 0 Å². The van der Waals surface area contributed by atoms with Crippen LogP contribution in [0.4, 0.5) is 13.2 Å². The minimum Gasteiger partial charge on any atom is -0.462 e. The summed E-state index contributed by atoms with van der Waals surface area (Å²) in [6.07, 6.45) is -3.41. The average Bonchev–Trinajstić information content (AvgIpc) is 3.22. The first-order valence-electron chi connectivity index (χ1n) is 9.99. The van der Waals surface area contributed by atoms with Crippen LogP contribution in [0, 0.1) is 6.92 Å². The lowest BCUT2D eigenvalue weighted by Crippen LogP contribution is -2.29. The molecule has 3 rings (SSSR count). The van der Waals surface area contributed by atoms with E-state index in [9.17, 15) is 22.8 Å². The maximum Gasteiger partial charge on any atom is 0.435 e. The fourth-order valence-corrected chi connectivity index (χ4v) is 3.84. The number of pyridine rings is 1. The number of rotatable bonds is 6. The van der Waals surface area contributed by atoms with Crippen LogP contribution in [0.15, 0.2) is 35.3 Å². The summed E-state index contributed by atoms with van der Waals surface area (Å²) < 4.78 is 46.9. The summed E-state index contributed by atoms with van der Waals surface area (Å²) in [6.45, 7) is 5.15. The third kappa shape index (κ3) is 4.94. The predicted octanol–water partition coefficient (Wildman–Crippen LogP) is 5.59. The standard InChI is InChI=1S/C22H20Cl2F3N3O3/c1-4-30-16(11-29-9-8-17(28-29)22(25,26)27)12(3)20(31)18(21(32)33-5-2)19(30)13-6-7-14(23)15(24)10-13/h6-10H,4-5,11H2,1-3H3. The van der Waals surface area contributed by atoms with E-state index in [1.54, 1.807) is 24.5 Å². The molecule has 0 aliphatic heterocycles. The van der Waals surface area contributed by atoms with E-state index in [0.717, 1.165) is 10.7 Å². The Morgan fingerprint density at radius 2 is 1.85 bits per heavy atom. The van der Waals surface area contributed by atoms with Crippen LogP contribution in [0.1, 0.15) is 41.2 Å². The molecule has 0 fully saturated rings. The first-order valence-corrected chi connectivity index (χ1v) is 10.7. The maximum atomic E-state index is 13.3. The first-order chi connectivity index (χ1) is 15.5. The molecule has 11 heteroatoms. The fraction of sp³-hybridized carbons (Fsp3) is 0.318. The van der Waals surface area contributed by atoms with Gasteiger partial charge >= 0.3 is 12.1 Å². The molecule has 0 unspecified atom stereocenters. The van der Waals surface area contributed by atoms with E-state index in [0.29, 0.717) is 17.8 Å². The zero-order valence-corrected chi connectivity index (χ0v) is 19.5. The number of alkyl halides is 3. The number of aromatic nitrogens is 3. The lowest BCUT2D eigenvalue weighted by Gasteiger charge is -2.22. The zero-order chi connectivity index (χ0) is 24.5. The highest BCUT2D eigenvalue weighted by Crippen LogP contribution is 2.32. The van der Waals surface area contributed by atoms with Crippen molar-refractivity contribution in [2.45, 2.75) is 40.0 Å². The van der Waals surface area contributed by atoms with Gasteiger partial charge in [0.15, 0.2) is 11.1 Å². The molecule has 0 aliphatic rings. The van der Waals surface area contributed by atoms with E-state index in [1.807, 2.05) is 0 Å². The maximum absolute atomic E-state index is 13.3. The Balaban J connectivity index is 2.30. The average molecular weight is 502 g/mol. The van der Waals surface area contributed by atoms with Crippen molar-refractivity contribution in [3.8, 4) is 11.3 Å². The second kappa shape index (κ2) is 9.61. The number of carbonyl (C=O) groups excluding carboxylic acids is 1. The highest BCUT2D eigenvalue weighted by atomic mass is 35.5. The van der Waals surface area contributed by atoms with Crippen molar-refractivity contribution in [1.29, 1.82) is 0 Å². The van der Waals surface area contributed by atoms with E-state index in [4.69, 9.17) is 27.9 Å². The quantitative estimate of drug-likeness (QED) is 0.413. The first kappa shape index (κ1) is 24.9. The van der Waals surface area contributed by atoms with Crippen molar-refractivity contribution in [2.24, 2.45) is 0 Å². The topological polar surface area (TPSA) is 66.1 Å². The van der Waals surface area contributed by atoms with Gasteiger partial charge < -0.3 is 9.30 Å². The Kier molecular flexibility index (Phi) is 7.23. The second-order valence-corrected chi connectivity index (χ2v) is 7.93. The van der Waals surface area contributed by atoms with E-state index >= 15 is 0 Å². The van der Waals surface area contributed by atoms with Gasteiger partial charge in [0.2, 0.25) is 0 Å². The molecule has 2 heterocycles. The molecule has 0 atom stereocenters. The van der Waals surface area contributed by atoms with Crippen LogP contribution in [0.2, 0.25) is 10.0 Å². The Morgan fingerprint density at radius 3 is 2.39 bits per heavy atom. The highest BCUT2D eigenvalue weighted by Gasteiger charge is 2.34. The van der Waals surface area contributed by atoms with Crippen LogP contribution in [0.25, 0.3) is 11.3 Å². The van der Waals surface area contributed by atoms with Gasteiger partial charge in [0.05, 0.1) is 28.9 Å². The Morgan fingerprint density at radius 1 is 1.15 bits per heavy atom. The molecule has 33 heavy (non-hydrogen) atoms. The Bertz CT molecular complexity index is 1270. The largest absolute Gasteiger partial charge is 0.462 e. The number of hydrogen-bond acceptors (Lipinski definition) is 4. The van der Waals surface area contributed by atoms with Gasteiger partial charge in [-0.3, -0.25) is 9.48 Å². The summed E-state index contributed by atoms with van der Waals surface area (Å²) in [5, 5.41) is 4.08. The van der Waals surface area contributed by atoms with Crippen LogP contribution >= 0.6 is 23.2 Å². The van der Waals surface area contributed by atoms with E-state index < -0.39 is 23.3 Å². The summed E-state index contributed by atoms with van der Waals surface area (Å²) in [5.41, 5.74) is -0.542. The summed E-state index contributed by atoms with van der Waals surface area (Å²) in [4.78, 5) is 26.1. The van der Waals surface area contributed by atoms with E-state index in [2.05, 4.69) is 5.10 Å². The molecule has 0 aliphatic carbocycles.